The van der Waals surface area contributed by atoms with Crippen molar-refractivity contribution >= 4 is 35.0 Å². The molecule has 0 heterocycles. The quantitative estimate of drug-likeness (QED) is 0.479. The van der Waals surface area contributed by atoms with Gasteiger partial charge in [-0.2, -0.15) is 0 Å². The summed E-state index contributed by atoms with van der Waals surface area (Å²) in [5, 5.41) is 1.10. The first kappa shape index (κ1) is 15.7. The molecular formula is C15H16Cl2N2S. The zero-order valence-electron chi connectivity index (χ0n) is 11.1. The van der Waals surface area contributed by atoms with Gasteiger partial charge in [-0.25, -0.2) is 0 Å². The van der Waals surface area contributed by atoms with Crippen molar-refractivity contribution in [1.82, 2.24) is 5.43 Å². The number of nitrogens with one attached hydrogen (secondary N) is 1. The lowest BCUT2D eigenvalue weighted by atomic mass is 10.1. The number of hydrogen-bond donors (Lipinski definition) is 2. The van der Waals surface area contributed by atoms with Crippen LogP contribution in [0.25, 0.3) is 0 Å². The largest absolute Gasteiger partial charge is 0.271 e. The van der Waals surface area contributed by atoms with Gasteiger partial charge in [0.25, 0.3) is 0 Å². The highest BCUT2D eigenvalue weighted by Gasteiger charge is 2.15. The zero-order valence-corrected chi connectivity index (χ0v) is 13.4. The number of benzene rings is 2. The zero-order chi connectivity index (χ0) is 14.5. The second kappa shape index (κ2) is 7.34. The van der Waals surface area contributed by atoms with Gasteiger partial charge in [0.1, 0.15) is 0 Å². The molecule has 0 aliphatic heterocycles. The van der Waals surface area contributed by atoms with Crippen LogP contribution in [0.3, 0.4) is 0 Å². The first-order valence-corrected chi connectivity index (χ1v) is 7.96. The topological polar surface area (TPSA) is 38.0 Å². The molecule has 2 aromatic carbocycles. The van der Waals surface area contributed by atoms with Crippen LogP contribution in [0.5, 0.6) is 0 Å². The lowest BCUT2D eigenvalue weighted by molar-refractivity contribution is 0.611. The third-order valence-electron chi connectivity index (χ3n) is 3.06. The van der Waals surface area contributed by atoms with Gasteiger partial charge in [0, 0.05) is 10.6 Å². The van der Waals surface area contributed by atoms with Crippen LogP contribution in [0.1, 0.15) is 17.2 Å². The standard InChI is InChI=1S/C15H16Cl2N2S/c1-10-5-2-3-8-14(10)20-9-13(19-18)11-6-4-7-12(16)15(11)17/h2-8,13,19H,9,18H2,1H3. The number of halogens is 2. The van der Waals surface area contributed by atoms with Crippen molar-refractivity contribution in [2.45, 2.75) is 17.9 Å². The van der Waals surface area contributed by atoms with Crippen molar-refractivity contribution in [2.75, 3.05) is 5.75 Å². The van der Waals surface area contributed by atoms with Crippen molar-refractivity contribution < 1.29 is 0 Å². The fourth-order valence-corrected chi connectivity index (χ4v) is 3.44. The molecule has 20 heavy (non-hydrogen) atoms. The molecule has 2 nitrogen and oxygen atoms in total. The number of thioether (sulfide) groups is 1. The average Bonchev–Trinajstić information content (AvgIpc) is 2.45. The van der Waals surface area contributed by atoms with E-state index in [0.717, 1.165) is 11.3 Å². The summed E-state index contributed by atoms with van der Waals surface area (Å²) in [7, 11) is 0. The maximum Gasteiger partial charge on any atom is 0.0640 e. The molecule has 2 rings (SSSR count). The summed E-state index contributed by atoms with van der Waals surface area (Å²) in [6.07, 6.45) is 0. The number of rotatable bonds is 5. The molecule has 5 heteroatoms. The van der Waals surface area contributed by atoms with E-state index >= 15 is 0 Å². The van der Waals surface area contributed by atoms with Crippen molar-refractivity contribution in [2.24, 2.45) is 5.84 Å². The minimum absolute atomic E-state index is 0.0502. The predicted molar refractivity (Wildman–Crippen MR) is 88.4 cm³/mol. The van der Waals surface area contributed by atoms with Crippen LogP contribution in [-0.4, -0.2) is 5.75 Å². The highest BCUT2D eigenvalue weighted by molar-refractivity contribution is 7.99. The minimum atomic E-state index is -0.0502. The van der Waals surface area contributed by atoms with Gasteiger partial charge >= 0.3 is 0 Å². The summed E-state index contributed by atoms with van der Waals surface area (Å²) in [5.74, 6) is 6.44. The van der Waals surface area contributed by atoms with Crippen molar-refractivity contribution in [3.63, 3.8) is 0 Å². The summed E-state index contributed by atoms with van der Waals surface area (Å²) in [6.45, 7) is 2.10. The monoisotopic (exact) mass is 326 g/mol. The molecule has 0 aliphatic rings. The van der Waals surface area contributed by atoms with E-state index in [1.807, 2.05) is 24.3 Å². The van der Waals surface area contributed by atoms with Crippen molar-refractivity contribution in [1.29, 1.82) is 0 Å². The normalized spacial score (nSPS) is 12.4. The molecular weight excluding hydrogens is 311 g/mol. The highest BCUT2D eigenvalue weighted by Crippen LogP contribution is 2.33. The summed E-state index contributed by atoms with van der Waals surface area (Å²) in [4.78, 5) is 1.24. The molecule has 1 atom stereocenters. The third-order valence-corrected chi connectivity index (χ3v) is 5.16. The van der Waals surface area contributed by atoms with Crippen LogP contribution in [0.2, 0.25) is 10.0 Å². The van der Waals surface area contributed by atoms with E-state index in [-0.39, 0.29) is 6.04 Å². The van der Waals surface area contributed by atoms with Gasteiger partial charge < -0.3 is 0 Å². The Hall–Kier alpha value is -0.710. The molecule has 3 N–H and O–H groups in total. The van der Waals surface area contributed by atoms with Crippen LogP contribution < -0.4 is 11.3 Å². The Kier molecular flexibility index (Phi) is 5.75. The average molecular weight is 327 g/mol. The SMILES string of the molecule is Cc1ccccc1SCC(NN)c1cccc(Cl)c1Cl. The summed E-state index contributed by atoms with van der Waals surface area (Å²) in [5.41, 5.74) is 4.99. The smallest absolute Gasteiger partial charge is 0.0640 e. The fraction of sp³-hybridized carbons (Fsp3) is 0.200. The molecule has 0 spiro atoms. The van der Waals surface area contributed by atoms with Gasteiger partial charge in [-0.1, -0.05) is 53.5 Å². The Bertz CT molecular complexity index is 590. The Balaban J connectivity index is 2.14. The molecule has 0 radical (unpaired) electrons. The number of nitrogens with two attached hydrogens (primary N) is 1. The predicted octanol–water partition coefficient (Wildman–Crippen LogP) is 4.60. The summed E-state index contributed by atoms with van der Waals surface area (Å²) < 4.78 is 0. The maximum absolute atomic E-state index is 6.24. The van der Waals surface area contributed by atoms with E-state index in [4.69, 9.17) is 29.0 Å². The number of hydrazine groups is 1. The lowest BCUT2D eigenvalue weighted by Gasteiger charge is -2.18. The molecule has 0 amide bonds. The van der Waals surface area contributed by atoms with Crippen molar-refractivity contribution in [3.8, 4) is 0 Å². The highest BCUT2D eigenvalue weighted by atomic mass is 35.5. The fourth-order valence-electron chi connectivity index (χ4n) is 1.91. The molecule has 2 aromatic rings. The van der Waals surface area contributed by atoms with Gasteiger partial charge in [-0.05, 0) is 30.2 Å². The molecule has 0 fully saturated rings. The van der Waals surface area contributed by atoms with E-state index in [9.17, 15) is 0 Å². The van der Waals surface area contributed by atoms with Crippen LogP contribution >= 0.6 is 35.0 Å². The lowest BCUT2D eigenvalue weighted by Crippen LogP contribution is -2.30. The molecule has 0 bridgehead atoms. The van der Waals surface area contributed by atoms with Crippen LogP contribution in [0.15, 0.2) is 47.4 Å². The van der Waals surface area contributed by atoms with Crippen LogP contribution in [0.4, 0.5) is 0 Å². The maximum atomic E-state index is 6.24. The Morgan fingerprint density at radius 2 is 1.90 bits per heavy atom. The number of hydrogen-bond acceptors (Lipinski definition) is 3. The van der Waals surface area contributed by atoms with Gasteiger partial charge in [0.15, 0.2) is 0 Å². The summed E-state index contributed by atoms with van der Waals surface area (Å²) in [6, 6.07) is 13.8. The van der Waals surface area contributed by atoms with E-state index in [1.165, 1.54) is 10.5 Å². The molecule has 0 saturated carbocycles. The van der Waals surface area contributed by atoms with Gasteiger partial charge in [-0.3, -0.25) is 11.3 Å². The van der Waals surface area contributed by atoms with E-state index in [2.05, 4.69) is 24.5 Å². The molecule has 1 unspecified atom stereocenters. The van der Waals surface area contributed by atoms with Gasteiger partial charge in [0.05, 0.1) is 16.1 Å². The van der Waals surface area contributed by atoms with E-state index < -0.39 is 0 Å². The Labute approximate surface area is 133 Å². The molecule has 106 valence electrons. The minimum Gasteiger partial charge on any atom is -0.271 e. The molecule has 0 aromatic heterocycles. The second-order valence-corrected chi connectivity index (χ2v) is 6.29. The van der Waals surface area contributed by atoms with Gasteiger partial charge in [-0.15, -0.1) is 11.8 Å². The van der Waals surface area contributed by atoms with Gasteiger partial charge in [0.2, 0.25) is 0 Å². The Morgan fingerprint density at radius 3 is 2.60 bits per heavy atom. The number of aryl methyl sites for hydroxylation is 1. The Morgan fingerprint density at radius 1 is 1.15 bits per heavy atom. The van der Waals surface area contributed by atoms with Crippen LogP contribution in [-0.2, 0) is 0 Å². The first-order valence-electron chi connectivity index (χ1n) is 6.22. The molecule has 0 saturated heterocycles. The second-order valence-electron chi connectivity index (χ2n) is 4.44. The first-order chi connectivity index (χ1) is 9.63. The van der Waals surface area contributed by atoms with Crippen molar-refractivity contribution in [3.05, 3.63) is 63.6 Å². The molecule has 0 aliphatic carbocycles. The third kappa shape index (κ3) is 3.68. The van der Waals surface area contributed by atoms with Crippen LogP contribution in [0, 0.1) is 6.92 Å². The van der Waals surface area contributed by atoms with E-state index in [1.54, 1.807) is 17.8 Å². The van der Waals surface area contributed by atoms with E-state index in [0.29, 0.717) is 10.0 Å². The summed E-state index contributed by atoms with van der Waals surface area (Å²) >= 11 is 14.0.